The summed E-state index contributed by atoms with van der Waals surface area (Å²) in [7, 11) is 0. The molecule has 1 N–H and O–H groups in total. The molecule has 16 heavy (non-hydrogen) atoms. The van der Waals surface area contributed by atoms with Gasteiger partial charge in [0.15, 0.2) is 0 Å². The highest BCUT2D eigenvalue weighted by Gasteiger charge is 2.03. The van der Waals surface area contributed by atoms with Crippen LogP contribution in [0.1, 0.15) is 30.9 Å². The molecule has 2 heteroatoms. The van der Waals surface area contributed by atoms with Crippen molar-refractivity contribution in [1.82, 2.24) is 9.97 Å². The monoisotopic (exact) mass is 214 g/mol. The molecule has 0 fully saturated rings. The molecule has 0 bridgehead atoms. The van der Waals surface area contributed by atoms with Crippen LogP contribution < -0.4 is 0 Å². The topological polar surface area (TPSA) is 28.7 Å². The third-order valence-corrected chi connectivity index (χ3v) is 2.92. The number of aromatic amines is 1. The molecular formula is C14H18N2. The number of benzene rings is 1. The Balaban J connectivity index is 2.28. The molecule has 1 heterocycles. The molecule has 1 aromatic carbocycles. The molecule has 84 valence electrons. The zero-order chi connectivity index (χ0) is 11.4. The van der Waals surface area contributed by atoms with E-state index in [1.165, 1.54) is 29.5 Å². The molecule has 0 radical (unpaired) electrons. The SMILES string of the molecule is CCCCc1cc(-c2ncc[nH]2)ccc1C. The van der Waals surface area contributed by atoms with Crippen molar-refractivity contribution in [2.45, 2.75) is 33.1 Å². The first-order valence-corrected chi connectivity index (χ1v) is 5.90. The summed E-state index contributed by atoms with van der Waals surface area (Å²) in [4.78, 5) is 7.43. The van der Waals surface area contributed by atoms with Crippen molar-refractivity contribution in [2.75, 3.05) is 0 Å². The second-order valence-corrected chi connectivity index (χ2v) is 4.18. The van der Waals surface area contributed by atoms with Gasteiger partial charge >= 0.3 is 0 Å². The summed E-state index contributed by atoms with van der Waals surface area (Å²) < 4.78 is 0. The number of rotatable bonds is 4. The fourth-order valence-corrected chi connectivity index (χ4v) is 1.88. The minimum atomic E-state index is 0.956. The van der Waals surface area contributed by atoms with Crippen molar-refractivity contribution in [3.05, 3.63) is 41.7 Å². The summed E-state index contributed by atoms with van der Waals surface area (Å²) in [5.41, 5.74) is 4.00. The first kappa shape index (κ1) is 10.9. The zero-order valence-corrected chi connectivity index (χ0v) is 9.96. The molecule has 0 saturated heterocycles. The number of hydrogen-bond acceptors (Lipinski definition) is 1. The van der Waals surface area contributed by atoms with E-state index in [-0.39, 0.29) is 0 Å². The Hall–Kier alpha value is -1.57. The average molecular weight is 214 g/mol. The van der Waals surface area contributed by atoms with Crippen LogP contribution in [0.2, 0.25) is 0 Å². The van der Waals surface area contributed by atoms with Gasteiger partial charge in [-0.3, -0.25) is 0 Å². The minimum Gasteiger partial charge on any atom is -0.345 e. The fraction of sp³-hybridized carbons (Fsp3) is 0.357. The van der Waals surface area contributed by atoms with Crippen LogP contribution in [0.5, 0.6) is 0 Å². The van der Waals surface area contributed by atoms with Gasteiger partial charge in [0.2, 0.25) is 0 Å². The summed E-state index contributed by atoms with van der Waals surface area (Å²) in [5, 5.41) is 0. The summed E-state index contributed by atoms with van der Waals surface area (Å²) in [6.45, 7) is 4.41. The van der Waals surface area contributed by atoms with Gasteiger partial charge in [0, 0.05) is 18.0 Å². The van der Waals surface area contributed by atoms with E-state index in [2.05, 4.69) is 42.0 Å². The zero-order valence-electron chi connectivity index (χ0n) is 9.96. The van der Waals surface area contributed by atoms with Crippen LogP contribution in [0, 0.1) is 6.92 Å². The highest BCUT2D eigenvalue weighted by molar-refractivity contribution is 5.57. The van der Waals surface area contributed by atoms with E-state index in [4.69, 9.17) is 0 Å². The number of unbranched alkanes of at least 4 members (excludes halogenated alkanes) is 1. The minimum absolute atomic E-state index is 0.956. The number of nitrogens with zero attached hydrogens (tertiary/aromatic N) is 1. The lowest BCUT2D eigenvalue weighted by Gasteiger charge is -2.07. The van der Waals surface area contributed by atoms with E-state index in [0.29, 0.717) is 0 Å². The summed E-state index contributed by atoms with van der Waals surface area (Å²) in [5.74, 6) is 0.956. The van der Waals surface area contributed by atoms with E-state index >= 15 is 0 Å². The number of nitrogens with one attached hydrogen (secondary N) is 1. The van der Waals surface area contributed by atoms with Gasteiger partial charge in [-0.25, -0.2) is 4.98 Å². The van der Waals surface area contributed by atoms with E-state index in [1.54, 1.807) is 6.20 Å². The van der Waals surface area contributed by atoms with Gasteiger partial charge < -0.3 is 4.98 Å². The van der Waals surface area contributed by atoms with Crippen LogP contribution in [0.25, 0.3) is 11.4 Å². The second-order valence-electron chi connectivity index (χ2n) is 4.18. The largest absolute Gasteiger partial charge is 0.345 e. The van der Waals surface area contributed by atoms with E-state index in [0.717, 1.165) is 12.2 Å². The van der Waals surface area contributed by atoms with Gasteiger partial charge in [0.05, 0.1) is 0 Å². The molecule has 0 aliphatic rings. The molecule has 0 atom stereocenters. The van der Waals surface area contributed by atoms with Crippen LogP contribution in [0.4, 0.5) is 0 Å². The van der Waals surface area contributed by atoms with Gasteiger partial charge in [-0.15, -0.1) is 0 Å². The molecule has 0 aliphatic carbocycles. The molecule has 0 aliphatic heterocycles. The van der Waals surface area contributed by atoms with Crippen LogP contribution in [0.15, 0.2) is 30.6 Å². The molecule has 0 spiro atoms. The maximum Gasteiger partial charge on any atom is 0.137 e. The molecule has 2 aromatic rings. The third-order valence-electron chi connectivity index (χ3n) is 2.92. The van der Waals surface area contributed by atoms with Crippen molar-refractivity contribution >= 4 is 0 Å². The lowest BCUT2D eigenvalue weighted by molar-refractivity contribution is 0.791. The third kappa shape index (κ3) is 2.32. The standard InChI is InChI=1S/C14H18N2/c1-3-4-5-12-10-13(7-6-11(12)2)14-15-8-9-16-14/h6-10H,3-5H2,1-2H3,(H,15,16). The first-order chi connectivity index (χ1) is 7.81. The Kier molecular flexibility index (Phi) is 3.40. The van der Waals surface area contributed by atoms with Gasteiger partial charge in [0.25, 0.3) is 0 Å². The van der Waals surface area contributed by atoms with Gasteiger partial charge in [-0.1, -0.05) is 25.5 Å². The lowest BCUT2D eigenvalue weighted by atomic mass is 10.00. The van der Waals surface area contributed by atoms with Crippen LogP contribution >= 0.6 is 0 Å². The quantitative estimate of drug-likeness (QED) is 0.825. The normalized spacial score (nSPS) is 10.6. The Morgan fingerprint density at radius 3 is 2.88 bits per heavy atom. The number of imidazole rings is 1. The predicted molar refractivity (Wildman–Crippen MR) is 67.4 cm³/mol. The van der Waals surface area contributed by atoms with E-state index in [9.17, 15) is 0 Å². The molecular weight excluding hydrogens is 196 g/mol. The number of H-pyrrole nitrogens is 1. The maximum absolute atomic E-state index is 4.28. The smallest absolute Gasteiger partial charge is 0.137 e. The highest BCUT2D eigenvalue weighted by Crippen LogP contribution is 2.20. The van der Waals surface area contributed by atoms with E-state index < -0.39 is 0 Å². The van der Waals surface area contributed by atoms with Gasteiger partial charge in [0.1, 0.15) is 5.82 Å². The van der Waals surface area contributed by atoms with Crippen LogP contribution in [-0.2, 0) is 6.42 Å². The molecule has 0 saturated carbocycles. The summed E-state index contributed by atoms with van der Waals surface area (Å²) in [6, 6.07) is 6.57. The molecule has 2 nitrogen and oxygen atoms in total. The Bertz CT molecular complexity index is 444. The van der Waals surface area contributed by atoms with Crippen molar-refractivity contribution < 1.29 is 0 Å². The van der Waals surface area contributed by atoms with Crippen LogP contribution in [0.3, 0.4) is 0 Å². The van der Waals surface area contributed by atoms with Crippen molar-refractivity contribution in [2.24, 2.45) is 0 Å². The van der Waals surface area contributed by atoms with Gasteiger partial charge in [-0.05, 0) is 37.0 Å². The first-order valence-electron chi connectivity index (χ1n) is 5.90. The number of aryl methyl sites for hydroxylation is 2. The maximum atomic E-state index is 4.28. The highest BCUT2D eigenvalue weighted by atomic mass is 14.9. The van der Waals surface area contributed by atoms with Gasteiger partial charge in [-0.2, -0.15) is 0 Å². The summed E-state index contributed by atoms with van der Waals surface area (Å²) >= 11 is 0. The average Bonchev–Trinajstić information content (AvgIpc) is 2.81. The lowest BCUT2D eigenvalue weighted by Crippen LogP contribution is -1.91. The summed E-state index contributed by atoms with van der Waals surface area (Å²) in [6.07, 6.45) is 7.31. The fourth-order valence-electron chi connectivity index (χ4n) is 1.88. The van der Waals surface area contributed by atoms with E-state index in [1.807, 2.05) is 6.20 Å². The van der Waals surface area contributed by atoms with Crippen molar-refractivity contribution in [3.63, 3.8) is 0 Å². The molecule has 0 amide bonds. The molecule has 0 unspecified atom stereocenters. The van der Waals surface area contributed by atoms with Crippen molar-refractivity contribution in [1.29, 1.82) is 0 Å². The van der Waals surface area contributed by atoms with Crippen LogP contribution in [-0.4, -0.2) is 9.97 Å². The molecule has 2 rings (SSSR count). The Labute approximate surface area is 96.7 Å². The van der Waals surface area contributed by atoms with Crippen molar-refractivity contribution in [3.8, 4) is 11.4 Å². The predicted octanol–water partition coefficient (Wildman–Crippen LogP) is 3.73. The number of aromatic nitrogens is 2. The number of hydrogen-bond donors (Lipinski definition) is 1. The second kappa shape index (κ2) is 4.97. The Morgan fingerprint density at radius 2 is 2.19 bits per heavy atom. The molecule has 1 aromatic heterocycles. The Morgan fingerprint density at radius 1 is 1.31 bits per heavy atom.